The molecular formula is C16H23N3O2. The van der Waals surface area contributed by atoms with Crippen molar-refractivity contribution in [2.75, 3.05) is 14.1 Å². The first-order chi connectivity index (χ1) is 9.81. The van der Waals surface area contributed by atoms with Gasteiger partial charge in [0.25, 0.3) is 0 Å². The van der Waals surface area contributed by atoms with E-state index >= 15 is 0 Å². The van der Waals surface area contributed by atoms with E-state index in [9.17, 15) is 4.79 Å². The number of carboxylic acids is 1. The summed E-state index contributed by atoms with van der Waals surface area (Å²) >= 11 is 0. The lowest BCUT2D eigenvalue weighted by Crippen LogP contribution is -2.30. The van der Waals surface area contributed by atoms with Gasteiger partial charge < -0.3 is 14.6 Å². The van der Waals surface area contributed by atoms with Crippen LogP contribution >= 0.6 is 0 Å². The molecule has 0 aliphatic rings. The number of aromatic nitrogens is 2. The summed E-state index contributed by atoms with van der Waals surface area (Å²) in [5.74, 6) is 0.375. The zero-order valence-corrected chi connectivity index (χ0v) is 13.3. The van der Waals surface area contributed by atoms with E-state index in [2.05, 4.69) is 49.3 Å². The molecule has 2 rings (SSSR count). The number of fused-ring (bicyclic) bond motifs is 1. The standard InChI is InChI=1S/C16H23N3O2/c1-10(2)15-17-13-8-12(16(20)21)6-7-14(13)19(15)9-11(3)18(4)5/h6-8,10-11H,9H2,1-5H3,(H,20,21). The second-order valence-corrected chi connectivity index (χ2v) is 6.06. The first-order valence-corrected chi connectivity index (χ1v) is 7.21. The molecule has 2 aromatic rings. The number of nitrogens with zero attached hydrogens (tertiary/aromatic N) is 3. The van der Waals surface area contributed by atoms with Crippen molar-refractivity contribution in [2.45, 2.75) is 39.3 Å². The monoisotopic (exact) mass is 289 g/mol. The topological polar surface area (TPSA) is 58.4 Å². The summed E-state index contributed by atoms with van der Waals surface area (Å²) in [6.07, 6.45) is 0. The molecule has 1 unspecified atom stereocenters. The number of imidazole rings is 1. The minimum absolute atomic E-state index is 0.281. The number of rotatable bonds is 5. The number of carbonyl (C=O) groups is 1. The summed E-state index contributed by atoms with van der Waals surface area (Å²) in [6.45, 7) is 7.22. The SMILES string of the molecule is CC(C)c1nc2cc(C(=O)O)ccc2n1CC(C)N(C)C. The van der Waals surface area contributed by atoms with E-state index in [4.69, 9.17) is 5.11 Å². The third-order valence-electron chi connectivity index (χ3n) is 3.87. The third-order valence-corrected chi connectivity index (χ3v) is 3.87. The summed E-state index contributed by atoms with van der Waals surface area (Å²) < 4.78 is 2.20. The third kappa shape index (κ3) is 3.08. The fourth-order valence-electron chi connectivity index (χ4n) is 2.34. The van der Waals surface area contributed by atoms with Gasteiger partial charge in [-0.2, -0.15) is 0 Å². The van der Waals surface area contributed by atoms with Crippen molar-refractivity contribution >= 4 is 17.0 Å². The molecule has 5 heteroatoms. The van der Waals surface area contributed by atoms with E-state index in [0.717, 1.165) is 23.4 Å². The molecule has 114 valence electrons. The van der Waals surface area contributed by atoms with Gasteiger partial charge in [-0.05, 0) is 39.2 Å². The van der Waals surface area contributed by atoms with E-state index < -0.39 is 5.97 Å². The summed E-state index contributed by atoms with van der Waals surface area (Å²) in [6, 6.07) is 5.53. The van der Waals surface area contributed by atoms with E-state index in [1.165, 1.54) is 0 Å². The molecule has 0 aliphatic heterocycles. The Balaban J connectivity index is 2.55. The van der Waals surface area contributed by atoms with Gasteiger partial charge in [-0.3, -0.25) is 0 Å². The Kier molecular flexibility index (Phi) is 4.32. The Labute approximate surface area is 125 Å². The highest BCUT2D eigenvalue weighted by Crippen LogP contribution is 2.23. The molecule has 1 heterocycles. The Bertz CT molecular complexity index is 659. The fourth-order valence-corrected chi connectivity index (χ4v) is 2.34. The first kappa shape index (κ1) is 15.5. The molecule has 1 aromatic carbocycles. The van der Waals surface area contributed by atoms with Crippen LogP contribution in [0.1, 0.15) is 42.9 Å². The maximum Gasteiger partial charge on any atom is 0.335 e. The highest BCUT2D eigenvalue weighted by Gasteiger charge is 2.17. The maximum absolute atomic E-state index is 11.1. The number of aromatic carboxylic acids is 1. The van der Waals surface area contributed by atoms with Gasteiger partial charge in [0.15, 0.2) is 0 Å². The molecule has 0 saturated heterocycles. The second kappa shape index (κ2) is 5.85. The van der Waals surface area contributed by atoms with Crippen LogP contribution in [0.3, 0.4) is 0 Å². The Morgan fingerprint density at radius 1 is 1.33 bits per heavy atom. The zero-order valence-electron chi connectivity index (χ0n) is 13.3. The number of likely N-dealkylation sites (N-methyl/N-ethyl adjacent to an activating group) is 1. The van der Waals surface area contributed by atoms with Gasteiger partial charge in [0.1, 0.15) is 5.82 Å². The van der Waals surface area contributed by atoms with Gasteiger partial charge in [-0.25, -0.2) is 9.78 Å². The summed E-state index contributed by atoms with van der Waals surface area (Å²) in [4.78, 5) is 17.9. The molecule has 1 atom stereocenters. The summed E-state index contributed by atoms with van der Waals surface area (Å²) in [7, 11) is 4.11. The number of hydrogen-bond donors (Lipinski definition) is 1. The van der Waals surface area contributed by atoms with Crippen LogP contribution in [0.4, 0.5) is 0 Å². The molecule has 1 aromatic heterocycles. The largest absolute Gasteiger partial charge is 0.478 e. The number of hydrogen-bond acceptors (Lipinski definition) is 3. The minimum Gasteiger partial charge on any atom is -0.478 e. The minimum atomic E-state index is -0.917. The molecule has 0 fully saturated rings. The van der Waals surface area contributed by atoms with Crippen molar-refractivity contribution in [3.05, 3.63) is 29.6 Å². The second-order valence-electron chi connectivity index (χ2n) is 6.06. The molecule has 0 radical (unpaired) electrons. The van der Waals surface area contributed by atoms with Crippen LogP contribution in [0.5, 0.6) is 0 Å². The summed E-state index contributed by atoms with van der Waals surface area (Å²) in [5, 5.41) is 9.11. The van der Waals surface area contributed by atoms with Gasteiger partial charge in [-0.15, -0.1) is 0 Å². The molecule has 1 N–H and O–H groups in total. The van der Waals surface area contributed by atoms with Crippen molar-refractivity contribution in [3.63, 3.8) is 0 Å². The van der Waals surface area contributed by atoms with Crippen LogP contribution < -0.4 is 0 Å². The lowest BCUT2D eigenvalue weighted by Gasteiger charge is -2.22. The van der Waals surface area contributed by atoms with Gasteiger partial charge in [0, 0.05) is 18.5 Å². The van der Waals surface area contributed by atoms with Crippen molar-refractivity contribution in [1.29, 1.82) is 0 Å². The zero-order chi connectivity index (χ0) is 15.7. The molecular weight excluding hydrogens is 266 g/mol. The Morgan fingerprint density at radius 3 is 2.52 bits per heavy atom. The van der Waals surface area contributed by atoms with E-state index in [1.807, 2.05) is 6.07 Å². The highest BCUT2D eigenvalue weighted by atomic mass is 16.4. The molecule has 5 nitrogen and oxygen atoms in total. The Morgan fingerprint density at radius 2 is 2.00 bits per heavy atom. The van der Waals surface area contributed by atoms with E-state index in [-0.39, 0.29) is 5.56 Å². The maximum atomic E-state index is 11.1. The molecule has 0 aliphatic carbocycles. The molecule has 0 bridgehead atoms. The van der Waals surface area contributed by atoms with Gasteiger partial charge in [0.05, 0.1) is 16.6 Å². The average molecular weight is 289 g/mol. The first-order valence-electron chi connectivity index (χ1n) is 7.21. The van der Waals surface area contributed by atoms with Crippen molar-refractivity contribution in [1.82, 2.24) is 14.5 Å². The van der Waals surface area contributed by atoms with E-state index in [1.54, 1.807) is 12.1 Å². The van der Waals surface area contributed by atoms with Crippen LogP contribution in [0.25, 0.3) is 11.0 Å². The molecule has 0 amide bonds. The van der Waals surface area contributed by atoms with Crippen LogP contribution in [0.2, 0.25) is 0 Å². The van der Waals surface area contributed by atoms with E-state index in [0.29, 0.717) is 12.0 Å². The molecule has 0 spiro atoms. The van der Waals surface area contributed by atoms with Gasteiger partial charge >= 0.3 is 5.97 Å². The molecule has 21 heavy (non-hydrogen) atoms. The van der Waals surface area contributed by atoms with Crippen molar-refractivity contribution in [3.8, 4) is 0 Å². The predicted molar refractivity (Wildman–Crippen MR) is 83.9 cm³/mol. The van der Waals surface area contributed by atoms with Crippen molar-refractivity contribution in [2.24, 2.45) is 0 Å². The van der Waals surface area contributed by atoms with Gasteiger partial charge in [0.2, 0.25) is 0 Å². The smallest absolute Gasteiger partial charge is 0.335 e. The quantitative estimate of drug-likeness (QED) is 0.919. The number of benzene rings is 1. The van der Waals surface area contributed by atoms with Crippen molar-refractivity contribution < 1.29 is 9.90 Å². The Hall–Kier alpha value is -1.88. The number of carboxylic acid groups (broad SMARTS) is 1. The van der Waals surface area contributed by atoms with Crippen LogP contribution in [0, 0.1) is 0 Å². The lowest BCUT2D eigenvalue weighted by atomic mass is 10.2. The van der Waals surface area contributed by atoms with Crippen LogP contribution in [0.15, 0.2) is 18.2 Å². The molecule has 0 saturated carbocycles. The lowest BCUT2D eigenvalue weighted by molar-refractivity contribution is 0.0697. The van der Waals surface area contributed by atoms with Gasteiger partial charge in [-0.1, -0.05) is 13.8 Å². The van der Waals surface area contributed by atoms with Crippen LogP contribution in [-0.2, 0) is 6.54 Å². The average Bonchev–Trinajstić information content (AvgIpc) is 2.76. The predicted octanol–water partition coefficient (Wildman–Crippen LogP) is 2.81. The fraction of sp³-hybridized carbons (Fsp3) is 0.500. The van der Waals surface area contributed by atoms with Crippen LogP contribution in [-0.4, -0.2) is 45.7 Å². The normalized spacial score (nSPS) is 13.3. The highest BCUT2D eigenvalue weighted by molar-refractivity contribution is 5.92. The summed E-state index contributed by atoms with van der Waals surface area (Å²) in [5.41, 5.74) is 2.03.